The molecule has 0 fully saturated rings. The van der Waals surface area contributed by atoms with Gasteiger partial charge >= 0.3 is 0 Å². The van der Waals surface area contributed by atoms with Crippen LogP contribution in [0.2, 0.25) is 0 Å². The Kier molecular flexibility index (Phi) is 3.37. The van der Waals surface area contributed by atoms with Gasteiger partial charge in [-0.05, 0) is 30.7 Å². The van der Waals surface area contributed by atoms with E-state index in [4.69, 9.17) is 4.74 Å². The van der Waals surface area contributed by atoms with E-state index in [2.05, 4.69) is 0 Å². The largest absolute Gasteiger partial charge is 0.508 e. The van der Waals surface area contributed by atoms with Crippen LogP contribution in [-0.2, 0) is 0 Å². The highest BCUT2D eigenvalue weighted by atomic mass is 16.5. The maximum atomic E-state index is 10.5. The first-order chi connectivity index (χ1) is 10.4. The summed E-state index contributed by atoms with van der Waals surface area (Å²) in [5.41, 5.74) is 2.01. The van der Waals surface area contributed by atoms with Crippen LogP contribution in [0.5, 0.6) is 23.0 Å². The zero-order chi connectivity index (χ0) is 16.0. The minimum atomic E-state index is -0.805. The number of aromatic hydroxyl groups is 3. The van der Waals surface area contributed by atoms with E-state index < -0.39 is 12.2 Å². The van der Waals surface area contributed by atoms with Crippen LogP contribution in [0.4, 0.5) is 0 Å². The summed E-state index contributed by atoms with van der Waals surface area (Å²) >= 11 is 0. The molecular weight excluding hydrogens is 284 g/mol. The summed E-state index contributed by atoms with van der Waals surface area (Å²) < 4.78 is 5.90. The van der Waals surface area contributed by atoms with Crippen molar-refractivity contribution < 1.29 is 25.2 Å². The van der Waals surface area contributed by atoms with Gasteiger partial charge in [-0.2, -0.15) is 0 Å². The van der Waals surface area contributed by atoms with Crippen molar-refractivity contribution in [1.82, 2.24) is 0 Å². The Bertz CT molecular complexity index is 725. The number of phenolic OH excluding ortho intramolecular Hbond substituents is 3. The number of benzene rings is 2. The van der Waals surface area contributed by atoms with E-state index in [0.29, 0.717) is 16.9 Å². The van der Waals surface area contributed by atoms with Gasteiger partial charge in [0.15, 0.2) is 17.6 Å². The maximum Gasteiger partial charge on any atom is 0.157 e. The second-order valence-corrected chi connectivity index (χ2v) is 5.69. The van der Waals surface area contributed by atoms with Crippen molar-refractivity contribution in [3.8, 4) is 23.0 Å². The van der Waals surface area contributed by atoms with Crippen molar-refractivity contribution in [2.24, 2.45) is 0 Å². The Balaban J connectivity index is 2.07. The van der Waals surface area contributed by atoms with Crippen LogP contribution in [0.25, 0.3) is 0 Å². The second kappa shape index (κ2) is 5.10. The van der Waals surface area contributed by atoms with Crippen LogP contribution < -0.4 is 4.74 Å². The van der Waals surface area contributed by atoms with Gasteiger partial charge in [-0.1, -0.05) is 19.1 Å². The van der Waals surface area contributed by atoms with E-state index >= 15 is 0 Å². The Morgan fingerprint density at radius 2 is 1.64 bits per heavy atom. The summed E-state index contributed by atoms with van der Waals surface area (Å²) in [7, 11) is 0. The minimum absolute atomic E-state index is 0.134. The molecule has 5 heteroatoms. The van der Waals surface area contributed by atoms with Gasteiger partial charge < -0.3 is 25.2 Å². The molecule has 1 unspecified atom stereocenters. The Hall–Kier alpha value is -2.40. The molecule has 1 aliphatic rings. The molecule has 0 bridgehead atoms. The second-order valence-electron chi connectivity index (χ2n) is 5.69. The number of aliphatic hydroxyl groups excluding tert-OH is 1. The fourth-order valence-corrected chi connectivity index (χ4v) is 2.84. The van der Waals surface area contributed by atoms with Crippen molar-refractivity contribution >= 4 is 0 Å². The van der Waals surface area contributed by atoms with Crippen molar-refractivity contribution in [3.63, 3.8) is 0 Å². The SMILES string of the molecule is Cc1c(O)ccc2c1O[C@@H](c1ccc(O)c(O)c1)[C@H](O)C2C. The molecule has 3 atom stereocenters. The van der Waals surface area contributed by atoms with Crippen LogP contribution in [0, 0.1) is 6.92 Å². The summed E-state index contributed by atoms with van der Waals surface area (Å²) in [6.07, 6.45) is -1.49. The molecule has 0 radical (unpaired) electrons. The molecule has 1 aliphatic heterocycles. The van der Waals surface area contributed by atoms with Crippen LogP contribution in [0.3, 0.4) is 0 Å². The molecule has 116 valence electrons. The van der Waals surface area contributed by atoms with Gasteiger partial charge in [0.05, 0.1) is 0 Å². The van der Waals surface area contributed by atoms with Crippen LogP contribution in [-0.4, -0.2) is 26.5 Å². The molecule has 3 rings (SSSR count). The number of ether oxygens (including phenoxy) is 1. The molecule has 0 saturated heterocycles. The number of phenols is 3. The zero-order valence-electron chi connectivity index (χ0n) is 12.3. The molecule has 22 heavy (non-hydrogen) atoms. The molecule has 0 aliphatic carbocycles. The first-order valence-corrected chi connectivity index (χ1v) is 7.09. The number of rotatable bonds is 1. The lowest BCUT2D eigenvalue weighted by Gasteiger charge is -2.36. The minimum Gasteiger partial charge on any atom is -0.508 e. The lowest BCUT2D eigenvalue weighted by molar-refractivity contribution is 0.00308. The van der Waals surface area contributed by atoms with Gasteiger partial charge in [-0.15, -0.1) is 0 Å². The fraction of sp³-hybridized carbons (Fsp3) is 0.294. The molecular formula is C17H18O5. The van der Waals surface area contributed by atoms with E-state index in [0.717, 1.165) is 5.56 Å². The fourth-order valence-electron chi connectivity index (χ4n) is 2.84. The molecule has 0 amide bonds. The van der Waals surface area contributed by atoms with Crippen LogP contribution in [0.15, 0.2) is 30.3 Å². The third-order valence-corrected chi connectivity index (χ3v) is 4.29. The summed E-state index contributed by atoms with van der Waals surface area (Å²) in [6.45, 7) is 3.64. The molecule has 5 nitrogen and oxygen atoms in total. The predicted molar refractivity (Wildman–Crippen MR) is 80.4 cm³/mol. The third-order valence-electron chi connectivity index (χ3n) is 4.29. The smallest absolute Gasteiger partial charge is 0.157 e. The Morgan fingerprint density at radius 1 is 0.955 bits per heavy atom. The summed E-state index contributed by atoms with van der Waals surface area (Å²) in [5.74, 6) is 0.00436. The standard InChI is InChI=1S/C17H18O5/c1-8-11-4-6-12(18)9(2)16(11)22-17(15(8)21)10-3-5-13(19)14(20)7-10/h3-8,15,17-21H,1-2H3/t8?,15-,17+/m1/s1. The van der Waals surface area contributed by atoms with Crippen LogP contribution in [0.1, 0.15) is 35.6 Å². The van der Waals surface area contributed by atoms with E-state index in [1.807, 2.05) is 6.92 Å². The first-order valence-electron chi connectivity index (χ1n) is 7.09. The molecule has 2 aromatic rings. The number of hydrogen-bond acceptors (Lipinski definition) is 5. The normalized spacial score (nSPS) is 23.7. The quantitative estimate of drug-likeness (QED) is 0.608. The highest BCUT2D eigenvalue weighted by molar-refractivity contribution is 5.52. The first kappa shape index (κ1) is 14.5. The van der Waals surface area contributed by atoms with E-state index in [1.165, 1.54) is 12.1 Å². The topological polar surface area (TPSA) is 90.2 Å². The lowest BCUT2D eigenvalue weighted by Crippen LogP contribution is -2.33. The van der Waals surface area contributed by atoms with Gasteiger partial charge in [0, 0.05) is 17.0 Å². The predicted octanol–water partition coefficient (Wildman–Crippen LogP) is 2.71. The number of aliphatic hydroxyl groups is 1. The monoisotopic (exact) mass is 302 g/mol. The number of hydrogen-bond donors (Lipinski definition) is 4. The zero-order valence-corrected chi connectivity index (χ0v) is 12.3. The van der Waals surface area contributed by atoms with E-state index in [-0.39, 0.29) is 23.2 Å². The third kappa shape index (κ3) is 2.14. The maximum absolute atomic E-state index is 10.5. The van der Waals surface area contributed by atoms with Gasteiger partial charge in [0.2, 0.25) is 0 Å². The van der Waals surface area contributed by atoms with Crippen molar-refractivity contribution in [2.75, 3.05) is 0 Å². The Morgan fingerprint density at radius 3 is 2.32 bits per heavy atom. The molecule has 2 aromatic carbocycles. The molecule has 0 spiro atoms. The van der Waals surface area contributed by atoms with E-state index in [9.17, 15) is 20.4 Å². The van der Waals surface area contributed by atoms with Gasteiger partial charge in [0.25, 0.3) is 0 Å². The average molecular weight is 302 g/mol. The summed E-state index contributed by atoms with van der Waals surface area (Å²) in [6, 6.07) is 7.66. The average Bonchev–Trinajstić information content (AvgIpc) is 2.49. The molecule has 4 N–H and O–H groups in total. The highest BCUT2D eigenvalue weighted by Crippen LogP contribution is 2.46. The van der Waals surface area contributed by atoms with Gasteiger partial charge in [-0.3, -0.25) is 0 Å². The van der Waals surface area contributed by atoms with Crippen molar-refractivity contribution in [3.05, 3.63) is 47.0 Å². The molecule has 0 saturated carbocycles. The van der Waals surface area contributed by atoms with Crippen molar-refractivity contribution in [1.29, 1.82) is 0 Å². The highest BCUT2D eigenvalue weighted by Gasteiger charge is 2.37. The molecule has 1 heterocycles. The van der Waals surface area contributed by atoms with Gasteiger partial charge in [-0.25, -0.2) is 0 Å². The summed E-state index contributed by atoms with van der Waals surface area (Å²) in [5, 5.41) is 39.4. The van der Waals surface area contributed by atoms with Gasteiger partial charge in [0.1, 0.15) is 17.6 Å². The van der Waals surface area contributed by atoms with Crippen molar-refractivity contribution in [2.45, 2.75) is 32.0 Å². The molecule has 0 aromatic heterocycles. The number of fused-ring (bicyclic) bond motifs is 1. The van der Waals surface area contributed by atoms with E-state index in [1.54, 1.807) is 25.1 Å². The Labute approximate surface area is 128 Å². The van der Waals surface area contributed by atoms with Crippen LogP contribution >= 0.6 is 0 Å². The summed E-state index contributed by atoms with van der Waals surface area (Å²) in [4.78, 5) is 0. The lowest BCUT2D eigenvalue weighted by atomic mass is 9.85.